The van der Waals surface area contributed by atoms with Crippen LogP contribution in [0.4, 0.5) is 4.79 Å². The van der Waals surface area contributed by atoms with Crippen molar-refractivity contribution in [1.82, 2.24) is 9.88 Å². The number of rotatable bonds is 4. The quantitative estimate of drug-likeness (QED) is 0.655. The van der Waals surface area contributed by atoms with E-state index in [1.807, 2.05) is 47.1 Å². The number of allylic oxidation sites excluding steroid dienone is 4. The first-order valence-corrected chi connectivity index (χ1v) is 9.70. The number of carbonyl (C=O) groups is 1. The summed E-state index contributed by atoms with van der Waals surface area (Å²) < 4.78 is 7.21. The molecule has 146 valence electrons. The maximum Gasteiger partial charge on any atom is 0.412 e. The number of carbonyl (C=O) groups excluding carboxylic acids is 1. The van der Waals surface area contributed by atoms with Gasteiger partial charge in [-0.2, -0.15) is 0 Å². The smallest absolute Gasteiger partial charge is 0.412 e. The summed E-state index contributed by atoms with van der Waals surface area (Å²) in [5.41, 5.74) is 1.91. The fourth-order valence-electron chi connectivity index (χ4n) is 3.27. The molecule has 0 saturated carbocycles. The van der Waals surface area contributed by atoms with Crippen molar-refractivity contribution < 1.29 is 9.53 Å². The first-order chi connectivity index (χ1) is 14.1. The van der Waals surface area contributed by atoms with Crippen LogP contribution in [0.1, 0.15) is 18.4 Å². The van der Waals surface area contributed by atoms with E-state index in [2.05, 4.69) is 5.32 Å². The minimum Gasteiger partial charge on any atom is -0.415 e. The highest BCUT2D eigenvalue weighted by molar-refractivity contribution is 6.31. The molecule has 1 aliphatic carbocycles. The molecule has 29 heavy (non-hydrogen) atoms. The van der Waals surface area contributed by atoms with Gasteiger partial charge in [0.05, 0.1) is 12.1 Å². The van der Waals surface area contributed by atoms with Crippen LogP contribution in [0.2, 0.25) is 5.02 Å². The van der Waals surface area contributed by atoms with Gasteiger partial charge in [-0.3, -0.25) is 4.79 Å². The summed E-state index contributed by atoms with van der Waals surface area (Å²) in [6.45, 7) is 0.0617. The summed E-state index contributed by atoms with van der Waals surface area (Å²) in [6.07, 6.45) is 8.32. The Morgan fingerprint density at radius 1 is 1.17 bits per heavy atom. The van der Waals surface area contributed by atoms with Crippen molar-refractivity contribution in [2.24, 2.45) is 0 Å². The van der Waals surface area contributed by atoms with E-state index in [0.29, 0.717) is 33.7 Å². The van der Waals surface area contributed by atoms with E-state index in [-0.39, 0.29) is 12.0 Å². The Hall–Kier alpha value is -3.31. The Balaban J connectivity index is 1.66. The molecule has 0 atom stereocenters. The number of para-hydroxylation sites is 1. The van der Waals surface area contributed by atoms with Gasteiger partial charge in [0, 0.05) is 34.3 Å². The first kappa shape index (κ1) is 19.0. The molecule has 0 saturated heterocycles. The van der Waals surface area contributed by atoms with Crippen LogP contribution in [-0.2, 0) is 11.3 Å². The highest BCUT2D eigenvalue weighted by atomic mass is 35.5. The zero-order valence-corrected chi connectivity index (χ0v) is 16.4. The summed E-state index contributed by atoms with van der Waals surface area (Å²) in [5, 5.41) is 3.76. The minimum atomic E-state index is -0.576. The van der Waals surface area contributed by atoms with Crippen molar-refractivity contribution in [3.8, 4) is 5.69 Å². The standard InChI is InChI=1S/C23H19ClN2O3/c24-17-11-12-20-21(13-17)26(18-7-3-1-4-8-18)15-16(22(20)27)14-25-23(28)29-19-9-5-2-6-10-19/h1-5,7-9,11-13,15H,6,10,14H2,(H,25,28). The SMILES string of the molecule is O=C(NCc1cn(-c2ccccc2)c2cc(Cl)ccc2c1=O)OC1=CC=CCC1. The third-order valence-electron chi connectivity index (χ3n) is 4.70. The lowest BCUT2D eigenvalue weighted by atomic mass is 10.1. The maximum absolute atomic E-state index is 13.0. The molecular weight excluding hydrogens is 388 g/mol. The number of aromatic nitrogens is 1. The van der Waals surface area contributed by atoms with Gasteiger partial charge in [0.1, 0.15) is 5.76 Å². The van der Waals surface area contributed by atoms with Gasteiger partial charge < -0.3 is 14.6 Å². The Morgan fingerprint density at radius 3 is 2.76 bits per heavy atom. The normalized spacial score (nSPS) is 13.2. The zero-order chi connectivity index (χ0) is 20.2. The summed E-state index contributed by atoms with van der Waals surface area (Å²) in [6, 6.07) is 14.8. The van der Waals surface area contributed by atoms with E-state index in [4.69, 9.17) is 16.3 Å². The van der Waals surface area contributed by atoms with Gasteiger partial charge in [-0.05, 0) is 42.8 Å². The first-order valence-electron chi connectivity index (χ1n) is 9.32. The second-order valence-electron chi connectivity index (χ2n) is 6.69. The number of nitrogens with zero attached hydrogens (tertiary/aromatic N) is 1. The molecule has 0 radical (unpaired) electrons. The Bertz CT molecular complexity index is 1180. The van der Waals surface area contributed by atoms with Crippen molar-refractivity contribution in [2.45, 2.75) is 19.4 Å². The van der Waals surface area contributed by atoms with E-state index in [1.165, 1.54) is 0 Å². The molecule has 6 heteroatoms. The third-order valence-corrected chi connectivity index (χ3v) is 4.93. The van der Waals surface area contributed by atoms with E-state index in [1.54, 1.807) is 30.5 Å². The molecule has 4 rings (SSSR count). The average Bonchev–Trinajstić information content (AvgIpc) is 2.74. The Labute approximate surface area is 172 Å². The van der Waals surface area contributed by atoms with Crippen molar-refractivity contribution in [3.05, 3.63) is 99.5 Å². The molecule has 2 aromatic carbocycles. The summed E-state index contributed by atoms with van der Waals surface area (Å²) in [7, 11) is 0. The number of hydrogen-bond donors (Lipinski definition) is 1. The Morgan fingerprint density at radius 2 is 2.00 bits per heavy atom. The van der Waals surface area contributed by atoms with E-state index in [9.17, 15) is 9.59 Å². The van der Waals surface area contributed by atoms with Crippen molar-refractivity contribution in [3.63, 3.8) is 0 Å². The lowest BCUT2D eigenvalue weighted by Crippen LogP contribution is -2.27. The van der Waals surface area contributed by atoms with E-state index >= 15 is 0 Å². The number of pyridine rings is 1. The molecule has 0 aliphatic heterocycles. The van der Waals surface area contributed by atoms with Gasteiger partial charge in [-0.25, -0.2) is 4.79 Å². The highest BCUT2D eigenvalue weighted by Gasteiger charge is 2.13. The predicted octanol–water partition coefficient (Wildman–Crippen LogP) is 5.10. The number of alkyl carbamates (subject to hydrolysis) is 1. The molecule has 0 spiro atoms. The molecule has 0 bridgehead atoms. The molecule has 1 aliphatic rings. The zero-order valence-electron chi connectivity index (χ0n) is 15.6. The lowest BCUT2D eigenvalue weighted by molar-refractivity contribution is 0.172. The fraction of sp³-hybridized carbons (Fsp3) is 0.130. The predicted molar refractivity (Wildman–Crippen MR) is 114 cm³/mol. The second-order valence-corrected chi connectivity index (χ2v) is 7.13. The third kappa shape index (κ3) is 4.25. The number of nitrogens with one attached hydrogen (secondary N) is 1. The maximum atomic E-state index is 13.0. The van der Waals surface area contributed by atoms with Gasteiger partial charge >= 0.3 is 6.09 Å². The number of benzene rings is 2. The molecule has 1 amide bonds. The topological polar surface area (TPSA) is 60.3 Å². The van der Waals surface area contributed by atoms with Crippen LogP contribution in [0.15, 0.2) is 83.5 Å². The molecule has 1 N–H and O–H groups in total. The summed E-state index contributed by atoms with van der Waals surface area (Å²) in [5.74, 6) is 0.611. The minimum absolute atomic E-state index is 0.0617. The van der Waals surface area contributed by atoms with Crippen LogP contribution >= 0.6 is 11.6 Å². The number of fused-ring (bicyclic) bond motifs is 1. The van der Waals surface area contributed by atoms with Gasteiger partial charge in [0.2, 0.25) is 0 Å². The molecule has 1 aromatic heterocycles. The van der Waals surface area contributed by atoms with Gasteiger partial charge in [-0.15, -0.1) is 0 Å². The highest BCUT2D eigenvalue weighted by Crippen LogP contribution is 2.21. The number of ether oxygens (including phenoxy) is 1. The van der Waals surface area contributed by atoms with Crippen LogP contribution in [0.25, 0.3) is 16.6 Å². The molecule has 5 nitrogen and oxygen atoms in total. The molecule has 0 fully saturated rings. The molecule has 3 aromatic rings. The molecule has 1 heterocycles. The average molecular weight is 407 g/mol. The largest absolute Gasteiger partial charge is 0.415 e. The number of amides is 1. The second kappa shape index (κ2) is 8.37. The van der Waals surface area contributed by atoms with Crippen molar-refractivity contribution in [1.29, 1.82) is 0 Å². The molecule has 0 unspecified atom stereocenters. The van der Waals surface area contributed by atoms with Gasteiger partial charge in [0.25, 0.3) is 0 Å². The summed E-state index contributed by atoms with van der Waals surface area (Å²) in [4.78, 5) is 25.1. The van der Waals surface area contributed by atoms with Crippen molar-refractivity contribution in [2.75, 3.05) is 0 Å². The molecular formula is C23H19ClN2O3. The lowest BCUT2D eigenvalue weighted by Gasteiger charge is -2.15. The van der Waals surface area contributed by atoms with E-state index < -0.39 is 6.09 Å². The van der Waals surface area contributed by atoms with Crippen LogP contribution in [0.5, 0.6) is 0 Å². The Kier molecular flexibility index (Phi) is 5.49. The summed E-state index contributed by atoms with van der Waals surface area (Å²) >= 11 is 6.17. The monoisotopic (exact) mass is 406 g/mol. The van der Waals surface area contributed by atoms with Crippen LogP contribution < -0.4 is 10.7 Å². The van der Waals surface area contributed by atoms with Crippen LogP contribution in [0, 0.1) is 0 Å². The van der Waals surface area contributed by atoms with Gasteiger partial charge in [-0.1, -0.05) is 42.0 Å². The van der Waals surface area contributed by atoms with E-state index in [0.717, 1.165) is 12.1 Å². The van der Waals surface area contributed by atoms with Crippen LogP contribution in [0.3, 0.4) is 0 Å². The number of halogens is 1. The fourth-order valence-corrected chi connectivity index (χ4v) is 3.44. The number of hydrogen-bond acceptors (Lipinski definition) is 3. The van der Waals surface area contributed by atoms with Crippen molar-refractivity contribution >= 4 is 28.6 Å². The van der Waals surface area contributed by atoms with Gasteiger partial charge in [0.15, 0.2) is 5.43 Å². The van der Waals surface area contributed by atoms with Crippen LogP contribution in [-0.4, -0.2) is 10.7 Å².